The van der Waals surface area contributed by atoms with Crippen LogP contribution in [0, 0.1) is 0 Å². The first-order valence-corrected chi connectivity index (χ1v) is 30.2. The van der Waals surface area contributed by atoms with E-state index in [0.29, 0.717) is 17.4 Å². The van der Waals surface area contributed by atoms with Crippen LogP contribution in [0.4, 0.5) is 0 Å². The van der Waals surface area contributed by atoms with E-state index in [1.54, 1.807) is 6.08 Å². The fourth-order valence-electron chi connectivity index (χ4n) is 8.27. The summed E-state index contributed by atoms with van der Waals surface area (Å²) < 4.78 is 23.7. The average molecular weight is 977 g/mol. The van der Waals surface area contributed by atoms with E-state index < -0.39 is 20.0 Å². The fourth-order valence-corrected chi connectivity index (χ4v) is 9.01. The highest BCUT2D eigenvalue weighted by Gasteiger charge is 2.27. The van der Waals surface area contributed by atoms with E-state index in [0.717, 1.165) is 64.2 Å². The number of amides is 1. The number of nitrogens with one attached hydrogen (secondary N) is 1. The van der Waals surface area contributed by atoms with Crippen LogP contribution in [0.1, 0.15) is 258 Å². The van der Waals surface area contributed by atoms with Crippen molar-refractivity contribution in [2.45, 2.75) is 270 Å². The number of unbranched alkanes of at least 4 members (excludes halogenated alkanes) is 31. The number of hydrogen-bond donors (Lipinski definition) is 3. The molecular weight excluding hydrogens is 864 g/mol. The molecule has 0 rings (SSSR count). The number of likely N-dealkylation sites (N-methyl/N-ethyl adjacent to an activating group) is 1. The van der Waals surface area contributed by atoms with Gasteiger partial charge in [0.25, 0.3) is 0 Å². The van der Waals surface area contributed by atoms with Gasteiger partial charge in [-0.05, 0) is 57.8 Å². The number of quaternary nitrogens is 1. The molecule has 0 bridgehead atoms. The van der Waals surface area contributed by atoms with Gasteiger partial charge < -0.3 is 19.8 Å². The summed E-state index contributed by atoms with van der Waals surface area (Å²) in [5.41, 5.74) is 0. The minimum absolute atomic E-state index is 0.0606. The van der Waals surface area contributed by atoms with Crippen molar-refractivity contribution in [1.29, 1.82) is 0 Å². The van der Waals surface area contributed by atoms with E-state index in [1.807, 2.05) is 27.2 Å². The normalized spacial score (nSPS) is 14.4. The zero-order chi connectivity index (χ0) is 49.9. The Bertz CT molecular complexity index is 1290. The zero-order valence-electron chi connectivity index (χ0n) is 45.3. The number of carbonyl (C=O) groups is 1. The van der Waals surface area contributed by atoms with Crippen LogP contribution in [0.2, 0.25) is 0 Å². The predicted octanol–water partition coefficient (Wildman–Crippen LogP) is 17.3. The van der Waals surface area contributed by atoms with Crippen LogP contribution in [-0.4, -0.2) is 73.4 Å². The Morgan fingerprint density at radius 3 is 1.29 bits per heavy atom. The van der Waals surface area contributed by atoms with Gasteiger partial charge in [0.1, 0.15) is 13.2 Å². The molecule has 3 unspecified atom stereocenters. The van der Waals surface area contributed by atoms with Gasteiger partial charge in [-0.15, -0.1) is 0 Å². The standard InChI is InChI=1S/C59H111N2O6P/c1-6-8-10-12-14-16-18-20-22-24-26-27-28-29-30-31-32-33-35-37-39-41-43-45-47-49-51-53-59(63)60-57(56-67-68(64,65)66-55-54-61(3,4)5)58(62)52-50-48-46-44-42-40-38-36-34-25-23-21-19-17-15-13-11-9-7-2/h8,10,14,16,20,22,26-27,50,52,57-58,62H,6-7,9,11-13,15,17-19,21,23-25,28-49,51,53-56H2,1-5H3,(H-,60,63,64,65)/p+1/b10-8-,16-14-,22-20-,27-26-,52-50+. The third-order valence-electron chi connectivity index (χ3n) is 12.7. The molecule has 0 aliphatic carbocycles. The van der Waals surface area contributed by atoms with E-state index in [9.17, 15) is 19.4 Å². The third kappa shape index (κ3) is 52.0. The van der Waals surface area contributed by atoms with Crippen LogP contribution in [-0.2, 0) is 18.4 Å². The monoisotopic (exact) mass is 976 g/mol. The molecule has 1 amide bonds. The molecule has 3 N–H and O–H groups in total. The molecule has 0 saturated heterocycles. The summed E-state index contributed by atoms with van der Waals surface area (Å²) >= 11 is 0. The molecule has 0 aliphatic rings. The van der Waals surface area contributed by atoms with Gasteiger partial charge in [0, 0.05) is 6.42 Å². The number of aliphatic hydroxyl groups is 1. The molecule has 0 heterocycles. The van der Waals surface area contributed by atoms with Crippen LogP contribution in [0.25, 0.3) is 0 Å². The Hall–Kier alpha value is -1.80. The number of nitrogens with zero attached hydrogens (tertiary/aromatic N) is 1. The maximum Gasteiger partial charge on any atom is 0.472 e. The number of rotatable bonds is 52. The van der Waals surface area contributed by atoms with Gasteiger partial charge in [-0.25, -0.2) is 4.57 Å². The Kier molecular flexibility index (Phi) is 48.8. The van der Waals surface area contributed by atoms with Gasteiger partial charge in [-0.2, -0.15) is 0 Å². The van der Waals surface area contributed by atoms with E-state index >= 15 is 0 Å². The molecule has 3 atom stereocenters. The van der Waals surface area contributed by atoms with Gasteiger partial charge in [-0.3, -0.25) is 13.8 Å². The lowest BCUT2D eigenvalue weighted by molar-refractivity contribution is -0.870. The minimum atomic E-state index is -4.35. The molecule has 68 heavy (non-hydrogen) atoms. The first kappa shape index (κ1) is 66.2. The van der Waals surface area contributed by atoms with Crippen LogP contribution >= 0.6 is 7.82 Å². The summed E-state index contributed by atoms with van der Waals surface area (Å²) in [6.45, 7) is 4.73. The van der Waals surface area contributed by atoms with E-state index in [4.69, 9.17) is 9.05 Å². The highest BCUT2D eigenvalue weighted by Crippen LogP contribution is 2.43. The summed E-state index contributed by atoms with van der Waals surface area (Å²) in [5.74, 6) is -0.177. The topological polar surface area (TPSA) is 105 Å². The van der Waals surface area contributed by atoms with E-state index in [-0.39, 0.29) is 19.1 Å². The second-order valence-corrected chi connectivity index (χ2v) is 22.1. The van der Waals surface area contributed by atoms with Crippen molar-refractivity contribution in [3.63, 3.8) is 0 Å². The number of phosphoric acid groups is 1. The van der Waals surface area contributed by atoms with Crippen molar-refractivity contribution >= 4 is 13.7 Å². The van der Waals surface area contributed by atoms with Crippen molar-refractivity contribution < 1.29 is 32.9 Å². The van der Waals surface area contributed by atoms with Crippen LogP contribution < -0.4 is 5.32 Å². The lowest BCUT2D eigenvalue weighted by Gasteiger charge is -2.25. The number of hydrogen-bond acceptors (Lipinski definition) is 5. The lowest BCUT2D eigenvalue weighted by atomic mass is 10.0. The van der Waals surface area contributed by atoms with Crippen molar-refractivity contribution in [2.24, 2.45) is 0 Å². The first-order chi connectivity index (χ1) is 33.0. The molecule has 0 radical (unpaired) electrons. The SMILES string of the molecule is CC/C=C\C/C=C\C/C=C\C/C=C\CCCCCCCCCCCCCCCCC(=O)NC(COP(=O)(O)OCC[N+](C)(C)C)C(O)/C=C/CCCCCCCCCCCCCCCCCCC. The smallest absolute Gasteiger partial charge is 0.387 e. The minimum Gasteiger partial charge on any atom is -0.387 e. The molecule has 8 nitrogen and oxygen atoms in total. The highest BCUT2D eigenvalue weighted by atomic mass is 31.2. The van der Waals surface area contributed by atoms with Crippen molar-refractivity contribution in [3.05, 3.63) is 60.8 Å². The summed E-state index contributed by atoms with van der Waals surface area (Å²) in [4.78, 5) is 23.3. The second kappa shape index (κ2) is 50.2. The van der Waals surface area contributed by atoms with Crippen LogP contribution in [0.3, 0.4) is 0 Å². The fraction of sp³-hybridized carbons (Fsp3) is 0.814. The van der Waals surface area contributed by atoms with Gasteiger partial charge in [0.05, 0.1) is 39.9 Å². The van der Waals surface area contributed by atoms with Gasteiger partial charge >= 0.3 is 7.82 Å². The molecule has 0 aromatic carbocycles. The number of aliphatic hydroxyl groups excluding tert-OH is 1. The molecule has 0 spiro atoms. The lowest BCUT2D eigenvalue weighted by Crippen LogP contribution is -2.45. The first-order valence-electron chi connectivity index (χ1n) is 28.7. The summed E-state index contributed by atoms with van der Waals surface area (Å²) in [5, 5.41) is 13.9. The molecule has 0 aliphatic heterocycles. The molecule has 0 fully saturated rings. The van der Waals surface area contributed by atoms with Gasteiger partial charge in [0.15, 0.2) is 0 Å². The van der Waals surface area contributed by atoms with Crippen molar-refractivity contribution in [1.82, 2.24) is 5.32 Å². The molecule has 0 saturated carbocycles. The van der Waals surface area contributed by atoms with Crippen molar-refractivity contribution in [2.75, 3.05) is 40.9 Å². The summed E-state index contributed by atoms with van der Waals surface area (Å²) in [6.07, 6.45) is 67.4. The molecular formula is C59H112N2O6P+. The number of phosphoric ester groups is 1. The summed E-state index contributed by atoms with van der Waals surface area (Å²) in [6, 6.07) is -0.849. The second-order valence-electron chi connectivity index (χ2n) is 20.6. The molecule has 0 aromatic heterocycles. The van der Waals surface area contributed by atoms with Gasteiger partial charge in [0.2, 0.25) is 5.91 Å². The van der Waals surface area contributed by atoms with E-state index in [2.05, 4.69) is 67.8 Å². The Morgan fingerprint density at radius 1 is 0.515 bits per heavy atom. The molecule has 0 aromatic rings. The highest BCUT2D eigenvalue weighted by molar-refractivity contribution is 7.47. The van der Waals surface area contributed by atoms with Crippen LogP contribution in [0.15, 0.2) is 60.8 Å². The predicted molar refractivity (Wildman–Crippen MR) is 295 cm³/mol. The van der Waals surface area contributed by atoms with Crippen LogP contribution in [0.5, 0.6) is 0 Å². The maximum atomic E-state index is 13.0. The number of allylic oxidation sites excluding steroid dienone is 9. The third-order valence-corrected chi connectivity index (χ3v) is 13.7. The largest absolute Gasteiger partial charge is 0.472 e. The molecule has 398 valence electrons. The average Bonchev–Trinajstić information content (AvgIpc) is 3.30. The molecule has 9 heteroatoms. The van der Waals surface area contributed by atoms with Gasteiger partial charge in [-0.1, -0.05) is 254 Å². The Morgan fingerprint density at radius 2 is 0.882 bits per heavy atom. The quantitative estimate of drug-likeness (QED) is 0.0243. The number of carbonyl (C=O) groups excluding carboxylic acids is 1. The van der Waals surface area contributed by atoms with Crippen molar-refractivity contribution in [3.8, 4) is 0 Å². The van der Waals surface area contributed by atoms with E-state index in [1.165, 1.54) is 173 Å². The zero-order valence-corrected chi connectivity index (χ0v) is 46.2. The maximum absolute atomic E-state index is 13.0. The Labute approximate surface area is 422 Å². The Balaban J connectivity index is 4.19. The summed E-state index contributed by atoms with van der Waals surface area (Å²) in [7, 11) is 1.57.